The summed E-state index contributed by atoms with van der Waals surface area (Å²) in [6.07, 6.45) is 0. The minimum absolute atomic E-state index is 0. The minimum Gasteiger partial charge on any atom is -1.00 e. The number of nitrogens with one attached hydrogen (secondary N) is 2. The number of carbonyl (C=O) groups is 1. The largest absolute Gasteiger partial charge is 1.00 e. The third kappa shape index (κ3) is 6.81. The van der Waals surface area contributed by atoms with Crippen LogP contribution in [-0.2, 0) is 24.8 Å². The molecule has 1 aliphatic heterocycles. The van der Waals surface area contributed by atoms with Gasteiger partial charge in [-0.15, -0.1) is 11.3 Å². The summed E-state index contributed by atoms with van der Waals surface area (Å²) >= 11 is 12.8. The SMILES string of the molecule is O=C(Nc1ccc(S(=O)(=O)N2CCOCC2)cc1)c1cc(Cl)ccc1NS(=O)(=O)c1ccc(Cl)s1.[H-].[Na+]. The third-order valence-electron chi connectivity index (χ3n) is 5.00. The van der Waals surface area contributed by atoms with Crippen molar-refractivity contribution in [2.24, 2.45) is 0 Å². The summed E-state index contributed by atoms with van der Waals surface area (Å²) in [6.45, 7) is 1.20. The fourth-order valence-corrected chi connectivity index (χ4v) is 7.42. The zero-order valence-electron chi connectivity index (χ0n) is 19.9. The van der Waals surface area contributed by atoms with Crippen LogP contribution in [0.15, 0.2) is 63.7 Å². The summed E-state index contributed by atoms with van der Waals surface area (Å²) < 4.78 is 60.2. The smallest absolute Gasteiger partial charge is 1.00 e. The molecular weight excluding hydrogens is 580 g/mol. The Balaban J connectivity index is 0.00000241. The summed E-state index contributed by atoms with van der Waals surface area (Å²) in [5, 5.41) is 2.86. The Morgan fingerprint density at radius 3 is 2.25 bits per heavy atom. The van der Waals surface area contributed by atoms with Crippen LogP contribution >= 0.6 is 34.5 Å². The first-order valence-corrected chi connectivity index (χ1v) is 14.6. The molecule has 0 atom stereocenters. The summed E-state index contributed by atoms with van der Waals surface area (Å²) in [5.74, 6) is -0.641. The number of morpholine rings is 1. The molecule has 2 N–H and O–H groups in total. The van der Waals surface area contributed by atoms with E-state index in [4.69, 9.17) is 27.9 Å². The van der Waals surface area contributed by atoms with Crippen molar-refractivity contribution in [1.29, 1.82) is 0 Å². The number of amides is 1. The van der Waals surface area contributed by atoms with Crippen LogP contribution in [-0.4, -0.2) is 53.4 Å². The van der Waals surface area contributed by atoms with Crippen molar-refractivity contribution in [2.75, 3.05) is 36.3 Å². The molecule has 9 nitrogen and oxygen atoms in total. The van der Waals surface area contributed by atoms with Crippen molar-refractivity contribution < 1.29 is 57.4 Å². The van der Waals surface area contributed by atoms with Crippen molar-refractivity contribution in [2.45, 2.75) is 9.10 Å². The fourth-order valence-electron chi connectivity index (χ4n) is 3.28. The summed E-state index contributed by atoms with van der Waals surface area (Å²) in [7, 11) is -7.66. The number of ether oxygens (including phenoxy) is 1. The maximum absolute atomic E-state index is 13.0. The van der Waals surface area contributed by atoms with E-state index in [0.29, 0.717) is 23.2 Å². The van der Waals surface area contributed by atoms with Crippen molar-refractivity contribution in [1.82, 2.24) is 4.31 Å². The molecule has 1 fully saturated rings. The number of sulfonamides is 2. The molecule has 0 saturated carbocycles. The second-order valence-corrected chi connectivity index (χ2v) is 13.3. The van der Waals surface area contributed by atoms with Gasteiger partial charge in [0.05, 0.1) is 33.7 Å². The van der Waals surface area contributed by atoms with Gasteiger partial charge in [0.15, 0.2) is 0 Å². The quantitative estimate of drug-likeness (QED) is 0.394. The Kier molecular flexibility index (Phi) is 9.88. The Labute approximate surface area is 246 Å². The number of hydrogen-bond acceptors (Lipinski definition) is 7. The minimum atomic E-state index is -3.99. The number of carbonyl (C=O) groups excluding carboxylic acids is 1. The molecule has 3 aromatic rings. The van der Waals surface area contributed by atoms with Crippen LogP contribution in [0.2, 0.25) is 9.36 Å². The second kappa shape index (κ2) is 12.1. The van der Waals surface area contributed by atoms with Crippen LogP contribution < -0.4 is 39.6 Å². The van der Waals surface area contributed by atoms with Crippen molar-refractivity contribution >= 4 is 71.9 Å². The van der Waals surface area contributed by atoms with Gasteiger partial charge in [-0.1, -0.05) is 23.2 Å². The number of nitrogens with zero attached hydrogens (tertiary/aromatic N) is 1. The van der Waals surface area contributed by atoms with Gasteiger partial charge in [-0.25, -0.2) is 16.8 Å². The molecule has 0 aliphatic carbocycles. The molecule has 188 valence electrons. The van der Waals surface area contributed by atoms with Crippen molar-refractivity contribution in [3.8, 4) is 0 Å². The zero-order chi connectivity index (χ0) is 25.2. The molecule has 0 radical (unpaired) electrons. The van der Waals surface area contributed by atoms with Gasteiger partial charge in [0.1, 0.15) is 4.21 Å². The van der Waals surface area contributed by atoms with E-state index in [1.807, 2.05) is 0 Å². The Morgan fingerprint density at radius 1 is 0.972 bits per heavy atom. The molecule has 0 unspecified atom stereocenters. The number of rotatable bonds is 7. The molecule has 0 bridgehead atoms. The first-order valence-electron chi connectivity index (χ1n) is 10.1. The summed E-state index contributed by atoms with van der Waals surface area (Å²) in [6, 6.07) is 12.7. The van der Waals surface area contributed by atoms with E-state index in [-0.39, 0.29) is 69.5 Å². The van der Waals surface area contributed by atoms with Gasteiger partial charge < -0.3 is 11.5 Å². The molecule has 0 spiro atoms. The molecule has 2 heterocycles. The van der Waals surface area contributed by atoms with Gasteiger partial charge in [-0.2, -0.15) is 4.31 Å². The predicted molar refractivity (Wildman–Crippen MR) is 137 cm³/mol. The number of hydrogen-bond donors (Lipinski definition) is 2. The maximum atomic E-state index is 13.0. The van der Waals surface area contributed by atoms with Gasteiger partial charge in [-0.05, 0) is 54.6 Å². The fraction of sp³-hybridized carbons (Fsp3) is 0.190. The summed E-state index contributed by atoms with van der Waals surface area (Å²) in [4.78, 5) is 13.1. The second-order valence-electron chi connectivity index (χ2n) is 7.35. The van der Waals surface area contributed by atoms with Gasteiger partial charge in [0, 0.05) is 23.8 Å². The summed E-state index contributed by atoms with van der Waals surface area (Å²) in [5.41, 5.74) is 0.312. The number of benzene rings is 2. The molecule has 15 heteroatoms. The van der Waals surface area contributed by atoms with Crippen LogP contribution in [0, 0.1) is 0 Å². The van der Waals surface area contributed by atoms with Gasteiger partial charge >= 0.3 is 29.6 Å². The van der Waals surface area contributed by atoms with Gasteiger partial charge in [0.25, 0.3) is 15.9 Å². The molecule has 1 saturated heterocycles. The van der Waals surface area contributed by atoms with Crippen LogP contribution in [0.3, 0.4) is 0 Å². The third-order valence-corrected chi connectivity index (χ3v) is 10.2. The monoisotopic (exact) mass is 599 g/mol. The Morgan fingerprint density at radius 2 is 1.64 bits per heavy atom. The molecule has 4 rings (SSSR count). The average molecular weight is 601 g/mol. The molecule has 1 aliphatic rings. The maximum Gasteiger partial charge on any atom is 1.00 e. The molecule has 1 aromatic heterocycles. The van der Waals surface area contributed by atoms with Gasteiger partial charge in [0.2, 0.25) is 10.0 Å². The normalized spacial score (nSPS) is 14.6. The number of halogens is 2. The molecule has 1 amide bonds. The van der Waals surface area contributed by atoms with E-state index in [2.05, 4.69) is 10.0 Å². The average Bonchev–Trinajstić information content (AvgIpc) is 3.28. The molecule has 2 aromatic carbocycles. The number of anilines is 2. The van der Waals surface area contributed by atoms with E-state index in [1.54, 1.807) is 0 Å². The van der Waals surface area contributed by atoms with Crippen LogP contribution in [0.25, 0.3) is 0 Å². The van der Waals surface area contributed by atoms with E-state index < -0.39 is 26.0 Å². The van der Waals surface area contributed by atoms with Crippen LogP contribution in [0.4, 0.5) is 11.4 Å². The Hall–Kier alpha value is -1.19. The van der Waals surface area contributed by atoms with Crippen LogP contribution in [0.5, 0.6) is 0 Å². The first-order chi connectivity index (χ1) is 16.6. The topological polar surface area (TPSA) is 122 Å². The van der Waals surface area contributed by atoms with E-state index >= 15 is 0 Å². The zero-order valence-corrected chi connectivity index (χ0v) is 24.9. The molecular formula is C21H20Cl2N3NaO6S3. The Bertz CT molecular complexity index is 1460. The van der Waals surface area contributed by atoms with Crippen LogP contribution in [0.1, 0.15) is 11.8 Å². The van der Waals surface area contributed by atoms with E-state index in [0.717, 1.165) is 11.3 Å². The van der Waals surface area contributed by atoms with Gasteiger partial charge in [-0.3, -0.25) is 9.52 Å². The van der Waals surface area contributed by atoms with Crippen molar-refractivity contribution in [3.05, 3.63) is 69.5 Å². The molecule has 36 heavy (non-hydrogen) atoms. The van der Waals surface area contributed by atoms with E-state index in [9.17, 15) is 21.6 Å². The van der Waals surface area contributed by atoms with E-state index in [1.165, 1.54) is 58.9 Å². The van der Waals surface area contributed by atoms with Crippen molar-refractivity contribution in [3.63, 3.8) is 0 Å². The predicted octanol–water partition coefficient (Wildman–Crippen LogP) is 1.25. The number of thiophene rings is 1. The first kappa shape index (κ1) is 29.4. The standard InChI is InChI=1S/C21H19Cl2N3O6S3.Na.H/c22-14-1-6-18(25-34(28,29)20-8-7-19(23)33-20)17(13-14)21(27)24-15-2-4-16(5-3-15)35(30,31)26-9-11-32-12-10-26;;/h1-8,13,25H,9-12H2,(H,24,27);;/q;+1;-1.